The first kappa shape index (κ1) is 22.9. The molecule has 6 nitrogen and oxygen atoms in total. The molecule has 0 N–H and O–H groups in total. The second-order valence-electron chi connectivity index (χ2n) is 7.91. The number of methoxy groups -OCH3 is 2. The SMILES string of the molecule is COC(=O)C[N+](C)(C)CCCCCCCC[N+](C)(C)CC(=O)OC. The first-order valence-corrected chi connectivity index (χ1v) is 8.89. The van der Waals surface area contributed by atoms with E-state index in [1.54, 1.807) is 0 Å². The normalized spacial score (nSPS) is 12.1. The number of hydrogen-bond donors (Lipinski definition) is 0. The highest BCUT2D eigenvalue weighted by Crippen LogP contribution is 2.10. The molecule has 0 bridgehead atoms. The van der Waals surface area contributed by atoms with E-state index in [0.29, 0.717) is 22.1 Å². The van der Waals surface area contributed by atoms with Gasteiger partial charge in [0, 0.05) is 0 Å². The summed E-state index contributed by atoms with van der Waals surface area (Å²) in [5, 5.41) is 0. The molecule has 0 amide bonds. The van der Waals surface area contributed by atoms with Crippen molar-refractivity contribution in [2.24, 2.45) is 0 Å². The lowest BCUT2D eigenvalue weighted by Crippen LogP contribution is -2.45. The average molecular weight is 347 g/mol. The van der Waals surface area contributed by atoms with Crippen molar-refractivity contribution >= 4 is 11.9 Å². The van der Waals surface area contributed by atoms with Gasteiger partial charge in [-0.05, 0) is 25.7 Å². The maximum Gasteiger partial charge on any atom is 0.361 e. The molecule has 0 atom stereocenters. The molecule has 0 heterocycles. The van der Waals surface area contributed by atoms with Crippen LogP contribution in [0.2, 0.25) is 0 Å². The van der Waals surface area contributed by atoms with Gasteiger partial charge in [-0.15, -0.1) is 0 Å². The number of carbonyl (C=O) groups is 2. The summed E-state index contributed by atoms with van der Waals surface area (Å²) in [6.45, 7) is 2.86. The van der Waals surface area contributed by atoms with E-state index in [4.69, 9.17) is 9.47 Å². The maximum atomic E-state index is 11.3. The summed E-state index contributed by atoms with van der Waals surface area (Å²) in [5.74, 6) is -0.291. The van der Waals surface area contributed by atoms with E-state index < -0.39 is 0 Å². The van der Waals surface area contributed by atoms with Gasteiger partial charge < -0.3 is 18.4 Å². The average Bonchev–Trinajstić information content (AvgIpc) is 2.48. The van der Waals surface area contributed by atoms with Gasteiger partial charge in [-0.3, -0.25) is 0 Å². The van der Waals surface area contributed by atoms with Crippen molar-refractivity contribution in [2.75, 3.05) is 68.6 Å². The Morgan fingerprint density at radius 1 is 0.625 bits per heavy atom. The van der Waals surface area contributed by atoms with Crippen LogP contribution >= 0.6 is 0 Å². The molecule has 24 heavy (non-hydrogen) atoms. The number of unbranched alkanes of at least 4 members (excludes halogenated alkanes) is 5. The van der Waals surface area contributed by atoms with Gasteiger partial charge in [-0.2, -0.15) is 0 Å². The summed E-state index contributed by atoms with van der Waals surface area (Å²) < 4.78 is 10.8. The van der Waals surface area contributed by atoms with Crippen molar-refractivity contribution in [1.82, 2.24) is 0 Å². The Balaban J connectivity index is 3.67. The van der Waals surface area contributed by atoms with Gasteiger partial charge in [0.05, 0.1) is 55.5 Å². The lowest BCUT2D eigenvalue weighted by atomic mass is 10.1. The van der Waals surface area contributed by atoms with E-state index in [0.717, 1.165) is 25.9 Å². The van der Waals surface area contributed by atoms with Crippen LogP contribution in [0.5, 0.6) is 0 Å². The van der Waals surface area contributed by atoms with Gasteiger partial charge in [0.1, 0.15) is 0 Å². The molecule has 0 aliphatic rings. The highest BCUT2D eigenvalue weighted by atomic mass is 16.5. The van der Waals surface area contributed by atoms with Gasteiger partial charge in [-0.25, -0.2) is 9.59 Å². The van der Waals surface area contributed by atoms with Crippen LogP contribution < -0.4 is 0 Å². The van der Waals surface area contributed by atoms with E-state index in [1.165, 1.54) is 39.9 Å². The highest BCUT2D eigenvalue weighted by Gasteiger charge is 2.20. The second-order valence-corrected chi connectivity index (χ2v) is 7.91. The van der Waals surface area contributed by atoms with Crippen LogP contribution in [0.25, 0.3) is 0 Å². The predicted molar refractivity (Wildman–Crippen MR) is 95.4 cm³/mol. The number of nitrogens with zero attached hydrogens (tertiary/aromatic N) is 2. The third kappa shape index (κ3) is 12.3. The Bertz CT molecular complexity index is 345. The number of rotatable bonds is 13. The van der Waals surface area contributed by atoms with Crippen LogP contribution in [-0.2, 0) is 19.1 Å². The molecule has 0 aliphatic carbocycles. The zero-order chi connectivity index (χ0) is 18.6. The van der Waals surface area contributed by atoms with Gasteiger partial charge >= 0.3 is 11.9 Å². The summed E-state index contributed by atoms with van der Waals surface area (Å²) >= 11 is 0. The minimum absolute atomic E-state index is 0.146. The van der Waals surface area contributed by atoms with E-state index in [-0.39, 0.29) is 11.9 Å². The van der Waals surface area contributed by atoms with E-state index in [1.807, 2.05) is 0 Å². The number of carbonyl (C=O) groups excluding carboxylic acids is 2. The van der Waals surface area contributed by atoms with Crippen LogP contribution in [0.3, 0.4) is 0 Å². The molecule has 0 aromatic heterocycles. The van der Waals surface area contributed by atoms with Crippen LogP contribution in [0.4, 0.5) is 0 Å². The molecule has 0 fully saturated rings. The van der Waals surface area contributed by atoms with Crippen LogP contribution in [0, 0.1) is 0 Å². The Kier molecular flexibility index (Phi) is 10.9. The maximum absolute atomic E-state index is 11.3. The monoisotopic (exact) mass is 346 g/mol. The molecule has 0 spiro atoms. The summed E-state index contributed by atoms with van der Waals surface area (Å²) in [5.41, 5.74) is 0. The van der Waals surface area contributed by atoms with Crippen molar-refractivity contribution < 1.29 is 28.0 Å². The second kappa shape index (κ2) is 11.4. The van der Waals surface area contributed by atoms with Gasteiger partial charge in [0.25, 0.3) is 0 Å². The molecule has 0 radical (unpaired) electrons. The molecule has 0 aliphatic heterocycles. The third-order valence-corrected chi connectivity index (χ3v) is 4.35. The molecule has 0 aromatic rings. The molecular weight excluding hydrogens is 308 g/mol. The van der Waals surface area contributed by atoms with Gasteiger partial charge in [0.15, 0.2) is 13.1 Å². The zero-order valence-corrected chi connectivity index (χ0v) is 16.6. The lowest BCUT2D eigenvalue weighted by molar-refractivity contribution is -0.883. The fraction of sp³-hybridized carbons (Fsp3) is 0.889. The van der Waals surface area contributed by atoms with E-state index in [2.05, 4.69) is 28.2 Å². The van der Waals surface area contributed by atoms with Crippen molar-refractivity contribution in [3.63, 3.8) is 0 Å². The molecule has 6 heteroatoms. The lowest BCUT2D eigenvalue weighted by Gasteiger charge is -2.28. The Hall–Kier alpha value is -1.14. The molecular formula is C18H38N2O4+2. The third-order valence-electron chi connectivity index (χ3n) is 4.35. The Morgan fingerprint density at radius 2 is 0.917 bits per heavy atom. The fourth-order valence-corrected chi connectivity index (χ4v) is 2.77. The number of ether oxygens (including phenoxy) is 2. The van der Waals surface area contributed by atoms with Gasteiger partial charge in [-0.1, -0.05) is 12.8 Å². The van der Waals surface area contributed by atoms with Crippen molar-refractivity contribution in [3.05, 3.63) is 0 Å². The van der Waals surface area contributed by atoms with Crippen LogP contribution in [-0.4, -0.2) is 89.5 Å². The standard InChI is InChI=1S/C18H38N2O4/c1-19(2,15-17(21)23-5)13-11-9-7-8-10-12-14-20(3,4)16-18(22)24-6/h7-16H2,1-6H3/q+2. The van der Waals surface area contributed by atoms with Crippen LogP contribution in [0.1, 0.15) is 38.5 Å². The first-order valence-electron chi connectivity index (χ1n) is 8.89. The van der Waals surface area contributed by atoms with Crippen LogP contribution in [0.15, 0.2) is 0 Å². The number of quaternary nitrogens is 2. The Labute approximate surface area is 147 Å². The number of hydrogen-bond acceptors (Lipinski definition) is 4. The van der Waals surface area contributed by atoms with Gasteiger partial charge in [0.2, 0.25) is 0 Å². The minimum Gasteiger partial charge on any atom is -0.465 e. The summed E-state index contributed by atoms with van der Waals surface area (Å²) in [7, 11) is 11.1. The quantitative estimate of drug-likeness (QED) is 0.290. The van der Waals surface area contributed by atoms with Crippen molar-refractivity contribution in [1.29, 1.82) is 0 Å². The van der Waals surface area contributed by atoms with Crippen molar-refractivity contribution in [2.45, 2.75) is 38.5 Å². The summed E-state index contributed by atoms with van der Waals surface area (Å²) in [4.78, 5) is 22.7. The molecule has 0 rings (SSSR count). The number of likely N-dealkylation sites (N-methyl/N-ethyl adjacent to an activating group) is 2. The molecule has 0 saturated heterocycles. The molecule has 142 valence electrons. The summed E-state index contributed by atoms with van der Waals surface area (Å²) in [6, 6.07) is 0. The topological polar surface area (TPSA) is 52.6 Å². The van der Waals surface area contributed by atoms with E-state index in [9.17, 15) is 9.59 Å². The molecule has 0 unspecified atom stereocenters. The highest BCUT2D eigenvalue weighted by molar-refractivity contribution is 5.70. The predicted octanol–water partition coefficient (Wildman–Crippen LogP) is 1.83. The van der Waals surface area contributed by atoms with E-state index >= 15 is 0 Å². The minimum atomic E-state index is -0.146. The summed E-state index contributed by atoms with van der Waals surface area (Å²) in [6.07, 6.45) is 7.11. The zero-order valence-electron chi connectivity index (χ0n) is 16.6. The Morgan fingerprint density at radius 3 is 1.21 bits per heavy atom. The molecule has 0 saturated carbocycles. The first-order chi connectivity index (χ1) is 11.1. The van der Waals surface area contributed by atoms with Crippen molar-refractivity contribution in [3.8, 4) is 0 Å². The molecule has 0 aromatic carbocycles. The fourth-order valence-electron chi connectivity index (χ4n) is 2.77. The smallest absolute Gasteiger partial charge is 0.361 e. The largest absolute Gasteiger partial charge is 0.465 e. The number of esters is 2.